The molecule has 0 unspecified atom stereocenters. The van der Waals surface area contributed by atoms with Crippen LogP contribution in [0.5, 0.6) is 5.75 Å². The zero-order chi connectivity index (χ0) is 15.9. The van der Waals surface area contributed by atoms with Gasteiger partial charge in [-0.1, -0.05) is 61.7 Å². The first-order valence-electron chi connectivity index (χ1n) is 8.73. The Morgan fingerprint density at radius 2 is 1.78 bits per heavy atom. The van der Waals surface area contributed by atoms with E-state index in [1.807, 2.05) is 19.2 Å². The largest absolute Gasteiger partial charge is 0.493 e. The van der Waals surface area contributed by atoms with Gasteiger partial charge >= 0.3 is 0 Å². The van der Waals surface area contributed by atoms with Crippen molar-refractivity contribution in [1.82, 2.24) is 0 Å². The Bertz CT molecular complexity index is 642. The van der Waals surface area contributed by atoms with E-state index in [2.05, 4.69) is 42.5 Å². The van der Waals surface area contributed by atoms with Gasteiger partial charge < -0.3 is 4.74 Å². The summed E-state index contributed by atoms with van der Waals surface area (Å²) in [6.45, 7) is 2.69. The molecule has 0 heterocycles. The number of benzene rings is 2. The van der Waals surface area contributed by atoms with E-state index in [9.17, 15) is 0 Å². The van der Waals surface area contributed by atoms with Crippen molar-refractivity contribution in [3.63, 3.8) is 0 Å². The predicted molar refractivity (Wildman–Crippen MR) is 97.5 cm³/mol. The molecule has 3 rings (SSSR count). The maximum atomic E-state index is 5.97. The molecule has 0 aromatic heterocycles. The number of aliphatic imine (C=N–C) groups is 1. The van der Waals surface area contributed by atoms with Crippen molar-refractivity contribution in [1.29, 1.82) is 0 Å². The third-order valence-corrected chi connectivity index (χ3v) is 4.42. The van der Waals surface area contributed by atoms with Crippen molar-refractivity contribution in [3.05, 3.63) is 54.1 Å². The summed E-state index contributed by atoms with van der Waals surface area (Å²) in [6, 6.07) is 17.2. The summed E-state index contributed by atoms with van der Waals surface area (Å²) in [5, 5.41) is 0. The van der Waals surface area contributed by atoms with Crippen LogP contribution in [0.2, 0.25) is 0 Å². The normalized spacial score (nSPS) is 15.9. The molecule has 2 nitrogen and oxygen atoms in total. The Labute approximate surface area is 139 Å². The molecule has 0 atom stereocenters. The van der Waals surface area contributed by atoms with Gasteiger partial charge in [-0.2, -0.15) is 0 Å². The molecule has 0 amide bonds. The highest BCUT2D eigenvalue weighted by atomic mass is 16.5. The third-order valence-electron chi connectivity index (χ3n) is 4.42. The van der Waals surface area contributed by atoms with E-state index in [-0.39, 0.29) is 0 Å². The van der Waals surface area contributed by atoms with Crippen LogP contribution in [0.3, 0.4) is 0 Å². The van der Waals surface area contributed by atoms with Crippen LogP contribution in [0, 0.1) is 0 Å². The SMILES string of the molecule is CCOc1c(C=NC2CCCCC2)cccc1-c1ccccc1. The molecule has 0 N–H and O–H groups in total. The van der Waals surface area contributed by atoms with Crippen molar-refractivity contribution in [2.75, 3.05) is 6.61 Å². The fraction of sp³-hybridized carbons (Fsp3) is 0.381. The molecular formula is C21H25NO. The summed E-state index contributed by atoms with van der Waals surface area (Å²) in [5.41, 5.74) is 3.41. The number of rotatable bonds is 5. The highest BCUT2D eigenvalue weighted by Gasteiger charge is 2.13. The van der Waals surface area contributed by atoms with E-state index in [0.717, 1.165) is 16.9 Å². The second kappa shape index (κ2) is 7.96. The molecule has 0 bridgehead atoms. The average Bonchev–Trinajstić information content (AvgIpc) is 2.62. The first-order chi connectivity index (χ1) is 11.4. The Morgan fingerprint density at radius 1 is 1.00 bits per heavy atom. The van der Waals surface area contributed by atoms with Gasteiger partial charge in [0, 0.05) is 23.4 Å². The van der Waals surface area contributed by atoms with E-state index in [1.54, 1.807) is 0 Å². The average molecular weight is 307 g/mol. The summed E-state index contributed by atoms with van der Waals surface area (Å²) < 4.78 is 5.97. The summed E-state index contributed by atoms with van der Waals surface area (Å²) in [6.07, 6.45) is 8.44. The number of nitrogens with zero attached hydrogens (tertiary/aromatic N) is 1. The molecule has 0 radical (unpaired) electrons. The Morgan fingerprint density at radius 3 is 2.52 bits per heavy atom. The fourth-order valence-electron chi connectivity index (χ4n) is 3.22. The summed E-state index contributed by atoms with van der Waals surface area (Å²) in [5.74, 6) is 0.945. The molecule has 1 aliphatic rings. The number of hydrogen-bond donors (Lipinski definition) is 0. The molecule has 0 spiro atoms. The molecule has 1 aliphatic carbocycles. The van der Waals surface area contributed by atoms with Gasteiger partial charge in [-0.05, 0) is 31.4 Å². The quantitative estimate of drug-likeness (QED) is 0.668. The van der Waals surface area contributed by atoms with Gasteiger partial charge in [0.25, 0.3) is 0 Å². The van der Waals surface area contributed by atoms with Gasteiger partial charge in [0.2, 0.25) is 0 Å². The maximum Gasteiger partial charge on any atom is 0.135 e. The second-order valence-electron chi connectivity index (χ2n) is 6.09. The van der Waals surface area contributed by atoms with Gasteiger partial charge in [0.15, 0.2) is 0 Å². The molecule has 2 aromatic rings. The van der Waals surface area contributed by atoms with Crippen LogP contribution in [0.1, 0.15) is 44.6 Å². The van der Waals surface area contributed by atoms with Gasteiger partial charge in [-0.15, -0.1) is 0 Å². The molecule has 120 valence electrons. The van der Waals surface area contributed by atoms with Crippen LogP contribution in [-0.2, 0) is 0 Å². The highest BCUT2D eigenvalue weighted by molar-refractivity contribution is 5.89. The van der Waals surface area contributed by atoms with Crippen molar-refractivity contribution < 1.29 is 4.74 Å². The van der Waals surface area contributed by atoms with Gasteiger partial charge in [-0.25, -0.2) is 0 Å². The highest BCUT2D eigenvalue weighted by Crippen LogP contribution is 2.33. The zero-order valence-electron chi connectivity index (χ0n) is 13.9. The van der Waals surface area contributed by atoms with Crippen LogP contribution in [0.4, 0.5) is 0 Å². The van der Waals surface area contributed by atoms with Gasteiger partial charge in [0.1, 0.15) is 5.75 Å². The zero-order valence-corrected chi connectivity index (χ0v) is 13.9. The van der Waals surface area contributed by atoms with Crippen LogP contribution < -0.4 is 4.74 Å². The van der Waals surface area contributed by atoms with Crippen LogP contribution in [0.25, 0.3) is 11.1 Å². The molecule has 1 fully saturated rings. The van der Waals surface area contributed by atoms with Crippen molar-refractivity contribution >= 4 is 6.21 Å². The molecule has 2 heteroatoms. The van der Waals surface area contributed by atoms with Crippen LogP contribution >= 0.6 is 0 Å². The van der Waals surface area contributed by atoms with Crippen LogP contribution in [0.15, 0.2) is 53.5 Å². The minimum absolute atomic E-state index is 0.485. The Balaban J connectivity index is 1.91. The summed E-state index contributed by atoms with van der Waals surface area (Å²) >= 11 is 0. The van der Waals surface area contributed by atoms with E-state index >= 15 is 0 Å². The third kappa shape index (κ3) is 4.01. The molecular weight excluding hydrogens is 282 g/mol. The molecule has 2 aromatic carbocycles. The lowest BCUT2D eigenvalue weighted by Gasteiger charge is -2.18. The van der Waals surface area contributed by atoms with Gasteiger partial charge in [-0.3, -0.25) is 4.99 Å². The summed E-state index contributed by atoms with van der Waals surface area (Å²) in [7, 11) is 0. The minimum atomic E-state index is 0.485. The number of hydrogen-bond acceptors (Lipinski definition) is 2. The summed E-state index contributed by atoms with van der Waals surface area (Å²) in [4.78, 5) is 4.83. The Hall–Kier alpha value is -2.09. The number of para-hydroxylation sites is 1. The lowest BCUT2D eigenvalue weighted by Crippen LogP contribution is -2.10. The standard InChI is InChI=1S/C21H25NO/c1-2-23-21-18(16-22-19-13-7-4-8-14-19)12-9-15-20(21)17-10-5-3-6-11-17/h3,5-6,9-12,15-16,19H,2,4,7-8,13-14H2,1H3. The molecule has 1 saturated carbocycles. The van der Waals surface area contributed by atoms with E-state index in [4.69, 9.17) is 9.73 Å². The predicted octanol–water partition coefficient (Wildman–Crippen LogP) is 5.50. The maximum absolute atomic E-state index is 5.97. The lowest BCUT2D eigenvalue weighted by molar-refractivity contribution is 0.341. The smallest absolute Gasteiger partial charge is 0.135 e. The second-order valence-corrected chi connectivity index (χ2v) is 6.09. The van der Waals surface area contributed by atoms with Crippen LogP contribution in [-0.4, -0.2) is 18.9 Å². The topological polar surface area (TPSA) is 21.6 Å². The fourth-order valence-corrected chi connectivity index (χ4v) is 3.22. The molecule has 0 saturated heterocycles. The van der Waals surface area contributed by atoms with E-state index in [0.29, 0.717) is 12.6 Å². The molecule has 0 aliphatic heterocycles. The van der Waals surface area contributed by atoms with Crippen molar-refractivity contribution in [3.8, 4) is 16.9 Å². The minimum Gasteiger partial charge on any atom is -0.493 e. The monoisotopic (exact) mass is 307 g/mol. The molecule has 23 heavy (non-hydrogen) atoms. The Kier molecular flexibility index (Phi) is 5.46. The first-order valence-corrected chi connectivity index (χ1v) is 8.73. The van der Waals surface area contributed by atoms with E-state index in [1.165, 1.54) is 37.7 Å². The first kappa shape index (κ1) is 15.8. The van der Waals surface area contributed by atoms with E-state index < -0.39 is 0 Å². The lowest BCUT2D eigenvalue weighted by atomic mass is 9.96. The number of ether oxygens (including phenoxy) is 1. The van der Waals surface area contributed by atoms with Crippen molar-refractivity contribution in [2.45, 2.75) is 45.1 Å². The van der Waals surface area contributed by atoms with Crippen molar-refractivity contribution in [2.24, 2.45) is 4.99 Å². The van der Waals surface area contributed by atoms with Gasteiger partial charge in [0.05, 0.1) is 6.61 Å².